The highest BCUT2D eigenvalue weighted by Crippen LogP contribution is 2.30. The second-order valence-corrected chi connectivity index (χ2v) is 10.2. The van der Waals surface area contributed by atoms with Crippen molar-refractivity contribution < 1.29 is 13.2 Å². The molecule has 3 aromatic carbocycles. The van der Waals surface area contributed by atoms with Crippen molar-refractivity contribution in [2.45, 2.75) is 44.0 Å². The van der Waals surface area contributed by atoms with E-state index in [2.05, 4.69) is 11.4 Å². The third-order valence-electron chi connectivity index (χ3n) is 5.94. The van der Waals surface area contributed by atoms with Crippen LogP contribution >= 0.6 is 0 Å². The van der Waals surface area contributed by atoms with Crippen LogP contribution in [-0.2, 0) is 21.2 Å². The molecule has 1 aliphatic carbocycles. The first-order valence-corrected chi connectivity index (χ1v) is 12.3. The highest BCUT2D eigenvalue weighted by molar-refractivity contribution is 7.92. The Balaban J connectivity index is 1.65. The van der Waals surface area contributed by atoms with Crippen molar-refractivity contribution in [3.8, 4) is 0 Å². The summed E-state index contributed by atoms with van der Waals surface area (Å²) < 4.78 is 28.3. The van der Waals surface area contributed by atoms with Gasteiger partial charge in [-0.3, -0.25) is 9.10 Å². The lowest BCUT2D eigenvalue weighted by Crippen LogP contribution is -2.42. The third-order valence-corrected chi connectivity index (χ3v) is 7.72. The van der Waals surface area contributed by atoms with Crippen LogP contribution in [0.5, 0.6) is 0 Å². The molecular weight excluding hydrogens is 420 g/mol. The first-order valence-electron chi connectivity index (χ1n) is 10.9. The summed E-state index contributed by atoms with van der Waals surface area (Å²) in [6.45, 7) is 3.55. The molecule has 0 heterocycles. The lowest BCUT2D eigenvalue weighted by molar-refractivity contribution is -0.120. The number of hydrogen-bond donors (Lipinski definition) is 1. The average molecular weight is 449 g/mol. The topological polar surface area (TPSA) is 66.5 Å². The van der Waals surface area contributed by atoms with Gasteiger partial charge in [0, 0.05) is 0 Å². The van der Waals surface area contributed by atoms with Gasteiger partial charge in [-0.2, -0.15) is 0 Å². The standard InChI is InChI=1S/C26H28N2O3S/c1-19-15-16-25(20(2)17-19)28(32(30,31)22-11-4-3-5-12-22)18-26(29)27-24-14-8-10-21-9-6-7-13-23(21)24/h3-7,9,11-13,15-17,24H,8,10,14,18H2,1-2H3,(H,27,29)/t24-/m0/s1. The van der Waals surface area contributed by atoms with Gasteiger partial charge in [0.05, 0.1) is 16.6 Å². The summed E-state index contributed by atoms with van der Waals surface area (Å²) in [5.74, 6) is -0.314. The Morgan fingerprint density at radius 3 is 2.47 bits per heavy atom. The Morgan fingerprint density at radius 2 is 1.72 bits per heavy atom. The molecule has 0 saturated carbocycles. The van der Waals surface area contributed by atoms with E-state index in [-0.39, 0.29) is 23.4 Å². The van der Waals surface area contributed by atoms with Gasteiger partial charge >= 0.3 is 0 Å². The number of nitrogens with zero attached hydrogens (tertiary/aromatic N) is 1. The normalized spacial score (nSPS) is 15.6. The van der Waals surface area contributed by atoms with Gasteiger partial charge in [-0.1, -0.05) is 60.2 Å². The van der Waals surface area contributed by atoms with Gasteiger partial charge in [0.15, 0.2) is 0 Å². The van der Waals surface area contributed by atoms with Crippen molar-refractivity contribution in [1.82, 2.24) is 5.32 Å². The molecule has 4 rings (SSSR count). The van der Waals surface area contributed by atoms with Crippen molar-refractivity contribution >= 4 is 21.6 Å². The van der Waals surface area contributed by atoms with Crippen LogP contribution in [0.3, 0.4) is 0 Å². The predicted molar refractivity (Wildman–Crippen MR) is 127 cm³/mol. The minimum Gasteiger partial charge on any atom is -0.348 e. The largest absolute Gasteiger partial charge is 0.348 e. The van der Waals surface area contributed by atoms with Crippen LogP contribution in [0.2, 0.25) is 0 Å². The van der Waals surface area contributed by atoms with Crippen molar-refractivity contribution in [3.63, 3.8) is 0 Å². The number of hydrogen-bond acceptors (Lipinski definition) is 3. The van der Waals surface area contributed by atoms with Crippen LogP contribution in [0.15, 0.2) is 77.7 Å². The van der Waals surface area contributed by atoms with Crippen molar-refractivity contribution in [2.75, 3.05) is 10.8 Å². The van der Waals surface area contributed by atoms with E-state index in [9.17, 15) is 13.2 Å². The number of sulfonamides is 1. The van der Waals surface area contributed by atoms with Gasteiger partial charge in [0.1, 0.15) is 6.54 Å². The molecule has 0 saturated heterocycles. The molecule has 0 spiro atoms. The lowest BCUT2D eigenvalue weighted by Gasteiger charge is -2.29. The number of anilines is 1. The fourth-order valence-electron chi connectivity index (χ4n) is 4.38. The van der Waals surface area contributed by atoms with Crippen LogP contribution < -0.4 is 9.62 Å². The van der Waals surface area contributed by atoms with Gasteiger partial charge < -0.3 is 5.32 Å². The Bertz CT molecular complexity index is 1220. The molecule has 1 N–H and O–H groups in total. The second kappa shape index (κ2) is 9.17. The summed E-state index contributed by atoms with van der Waals surface area (Å²) in [6.07, 6.45) is 2.84. The number of benzene rings is 3. The van der Waals surface area contributed by atoms with Crippen LogP contribution in [0.25, 0.3) is 0 Å². The van der Waals surface area contributed by atoms with Crippen LogP contribution in [0.1, 0.15) is 41.1 Å². The van der Waals surface area contributed by atoms with E-state index in [0.717, 1.165) is 36.0 Å². The number of amides is 1. The fourth-order valence-corrected chi connectivity index (χ4v) is 5.89. The number of nitrogens with one attached hydrogen (secondary N) is 1. The van der Waals surface area contributed by atoms with E-state index in [4.69, 9.17) is 0 Å². The van der Waals surface area contributed by atoms with Gasteiger partial charge in [-0.25, -0.2) is 8.42 Å². The summed E-state index contributed by atoms with van der Waals surface area (Å²) in [5.41, 5.74) is 4.72. The smallest absolute Gasteiger partial charge is 0.264 e. The molecule has 0 radical (unpaired) electrons. The first kappa shape index (κ1) is 22.1. The van der Waals surface area contributed by atoms with E-state index in [0.29, 0.717) is 5.69 Å². The zero-order valence-electron chi connectivity index (χ0n) is 18.4. The molecule has 0 fully saturated rings. The highest BCUT2D eigenvalue weighted by Gasteiger charge is 2.29. The molecule has 6 heteroatoms. The van der Waals surface area contributed by atoms with Crippen LogP contribution in [-0.4, -0.2) is 20.9 Å². The Labute approximate surface area is 190 Å². The first-order chi connectivity index (χ1) is 15.4. The molecule has 3 aromatic rings. The van der Waals surface area contributed by atoms with Crippen molar-refractivity contribution in [1.29, 1.82) is 0 Å². The minimum atomic E-state index is -3.91. The number of aryl methyl sites for hydroxylation is 3. The molecule has 166 valence electrons. The van der Waals surface area contributed by atoms with E-state index in [1.807, 2.05) is 44.2 Å². The fraction of sp³-hybridized carbons (Fsp3) is 0.269. The van der Waals surface area contributed by atoms with E-state index >= 15 is 0 Å². The lowest BCUT2D eigenvalue weighted by atomic mass is 9.88. The Hall–Kier alpha value is -3.12. The number of rotatable bonds is 6. The van der Waals surface area contributed by atoms with Crippen LogP contribution in [0, 0.1) is 13.8 Å². The number of carbonyl (C=O) groups is 1. The maximum Gasteiger partial charge on any atom is 0.264 e. The summed E-state index contributed by atoms with van der Waals surface area (Å²) in [4.78, 5) is 13.3. The number of fused-ring (bicyclic) bond motifs is 1. The van der Waals surface area contributed by atoms with E-state index in [1.54, 1.807) is 36.4 Å². The molecular formula is C26H28N2O3S. The SMILES string of the molecule is Cc1ccc(N(CC(=O)N[C@H]2CCCc3ccccc32)S(=O)(=O)c2ccccc2)c(C)c1. The third kappa shape index (κ3) is 4.55. The molecule has 5 nitrogen and oxygen atoms in total. The van der Waals surface area contributed by atoms with Crippen LogP contribution in [0.4, 0.5) is 5.69 Å². The highest BCUT2D eigenvalue weighted by atomic mass is 32.2. The molecule has 1 amide bonds. The maximum absolute atomic E-state index is 13.5. The number of carbonyl (C=O) groups excluding carboxylic acids is 1. The predicted octanol–water partition coefficient (Wildman–Crippen LogP) is 4.69. The van der Waals surface area contributed by atoms with Gasteiger partial charge in [0.25, 0.3) is 10.0 Å². The minimum absolute atomic E-state index is 0.104. The van der Waals surface area contributed by atoms with Gasteiger partial charge in [-0.15, -0.1) is 0 Å². The Kier molecular flexibility index (Phi) is 6.33. The second-order valence-electron chi connectivity index (χ2n) is 8.33. The summed E-state index contributed by atoms with van der Waals surface area (Å²) in [7, 11) is -3.91. The molecule has 0 aromatic heterocycles. The molecule has 1 atom stereocenters. The monoisotopic (exact) mass is 448 g/mol. The Morgan fingerprint density at radius 1 is 1.00 bits per heavy atom. The molecule has 0 unspecified atom stereocenters. The van der Waals surface area contributed by atoms with E-state index < -0.39 is 10.0 Å². The van der Waals surface area contributed by atoms with Gasteiger partial charge in [-0.05, 0) is 68.0 Å². The van der Waals surface area contributed by atoms with E-state index in [1.165, 1.54) is 9.87 Å². The molecule has 1 aliphatic rings. The quantitative estimate of drug-likeness (QED) is 0.595. The van der Waals surface area contributed by atoms with Crippen molar-refractivity contribution in [3.05, 3.63) is 95.1 Å². The average Bonchev–Trinajstić information content (AvgIpc) is 2.79. The summed E-state index contributed by atoms with van der Waals surface area (Å²) in [5, 5.41) is 3.08. The maximum atomic E-state index is 13.5. The zero-order chi connectivity index (χ0) is 22.7. The molecule has 32 heavy (non-hydrogen) atoms. The summed E-state index contributed by atoms with van der Waals surface area (Å²) >= 11 is 0. The van der Waals surface area contributed by atoms with Gasteiger partial charge in [0.2, 0.25) is 5.91 Å². The molecule has 0 bridgehead atoms. The summed E-state index contributed by atoms with van der Waals surface area (Å²) in [6, 6.07) is 21.8. The van der Waals surface area contributed by atoms with Crippen molar-refractivity contribution in [2.24, 2.45) is 0 Å². The zero-order valence-corrected chi connectivity index (χ0v) is 19.2. The molecule has 0 aliphatic heterocycles.